The number of carbonyl (C=O) groups is 2. The van der Waals surface area contributed by atoms with Gasteiger partial charge in [-0.15, -0.1) is 11.3 Å². The molecule has 0 radical (unpaired) electrons. The van der Waals surface area contributed by atoms with E-state index in [9.17, 15) is 9.59 Å². The maximum absolute atomic E-state index is 12.1. The number of hydrogen-bond donors (Lipinski definition) is 1. The zero-order chi connectivity index (χ0) is 20.6. The molecule has 29 heavy (non-hydrogen) atoms. The first kappa shape index (κ1) is 20.5. The first-order valence-electron chi connectivity index (χ1n) is 9.40. The van der Waals surface area contributed by atoms with E-state index >= 15 is 0 Å². The number of nitrogens with zero attached hydrogens (tertiary/aromatic N) is 2. The van der Waals surface area contributed by atoms with Gasteiger partial charge in [0.1, 0.15) is 0 Å². The van der Waals surface area contributed by atoms with Gasteiger partial charge in [-0.25, -0.2) is 4.98 Å². The molecule has 0 unspecified atom stereocenters. The summed E-state index contributed by atoms with van der Waals surface area (Å²) >= 11 is 1.68. The van der Waals surface area contributed by atoms with E-state index in [4.69, 9.17) is 10.00 Å². The number of nitriles is 1. The van der Waals surface area contributed by atoms with Gasteiger partial charge in [-0.1, -0.05) is 12.1 Å². The van der Waals surface area contributed by atoms with Crippen LogP contribution in [0.1, 0.15) is 36.8 Å². The third kappa shape index (κ3) is 5.87. The molecule has 6 nitrogen and oxygen atoms in total. The molecule has 148 valence electrons. The van der Waals surface area contributed by atoms with Crippen LogP contribution < -0.4 is 5.32 Å². The molecule has 0 spiro atoms. The fourth-order valence-electron chi connectivity index (χ4n) is 2.75. The molecule has 2 aromatic carbocycles. The molecule has 1 aromatic heterocycles. The third-order valence-corrected chi connectivity index (χ3v) is 5.41. The molecule has 1 atom stereocenters. The summed E-state index contributed by atoms with van der Waals surface area (Å²) in [5.74, 6) is -0.797. The Kier molecular flexibility index (Phi) is 6.93. The number of aromatic nitrogens is 1. The number of fused-ring (bicyclic) bond motifs is 1. The van der Waals surface area contributed by atoms with Crippen molar-refractivity contribution in [3.8, 4) is 6.07 Å². The SMILES string of the molecule is C[C@H](OC(=O)CCCCc1nc2ccccc2s1)C(=O)Nc1ccc(C#N)cc1. The number of hydrogen-bond acceptors (Lipinski definition) is 6. The van der Waals surface area contributed by atoms with Gasteiger partial charge in [0.2, 0.25) is 0 Å². The van der Waals surface area contributed by atoms with Crippen molar-refractivity contribution in [3.63, 3.8) is 0 Å². The van der Waals surface area contributed by atoms with E-state index in [0.29, 0.717) is 17.7 Å². The van der Waals surface area contributed by atoms with Crippen LogP contribution in [0.3, 0.4) is 0 Å². The summed E-state index contributed by atoms with van der Waals surface area (Å²) in [5.41, 5.74) is 2.06. The van der Waals surface area contributed by atoms with Crippen LogP contribution in [0, 0.1) is 11.3 Å². The van der Waals surface area contributed by atoms with E-state index in [1.54, 1.807) is 35.6 Å². The molecule has 1 N–H and O–H groups in total. The highest BCUT2D eigenvalue weighted by Gasteiger charge is 2.17. The lowest BCUT2D eigenvalue weighted by molar-refractivity contribution is -0.153. The van der Waals surface area contributed by atoms with E-state index in [-0.39, 0.29) is 6.42 Å². The minimum atomic E-state index is -0.887. The summed E-state index contributed by atoms with van der Waals surface area (Å²) in [6, 6.07) is 16.5. The van der Waals surface area contributed by atoms with Gasteiger partial charge in [-0.3, -0.25) is 9.59 Å². The van der Waals surface area contributed by atoms with Gasteiger partial charge >= 0.3 is 5.97 Å². The minimum Gasteiger partial charge on any atom is -0.453 e. The molecule has 3 aromatic rings. The number of ether oxygens (including phenoxy) is 1. The highest BCUT2D eigenvalue weighted by Crippen LogP contribution is 2.23. The molecule has 3 rings (SSSR count). The van der Waals surface area contributed by atoms with Crippen molar-refractivity contribution in [1.29, 1.82) is 5.26 Å². The Bertz CT molecular complexity index is 1000. The summed E-state index contributed by atoms with van der Waals surface area (Å²) in [6.45, 7) is 1.54. The molecule has 7 heteroatoms. The second-order valence-electron chi connectivity index (χ2n) is 6.59. The predicted molar refractivity (Wildman–Crippen MR) is 113 cm³/mol. The lowest BCUT2D eigenvalue weighted by Crippen LogP contribution is -2.29. The van der Waals surface area contributed by atoms with Crippen molar-refractivity contribution < 1.29 is 14.3 Å². The normalized spacial score (nSPS) is 11.6. The molecule has 0 bridgehead atoms. The summed E-state index contributed by atoms with van der Waals surface area (Å²) in [4.78, 5) is 28.7. The number of benzene rings is 2. The summed E-state index contributed by atoms with van der Waals surface area (Å²) < 4.78 is 6.38. The smallest absolute Gasteiger partial charge is 0.306 e. The van der Waals surface area contributed by atoms with E-state index in [2.05, 4.69) is 16.4 Å². The number of nitrogens with one attached hydrogen (secondary N) is 1. The number of amides is 1. The van der Waals surface area contributed by atoms with Crippen LogP contribution in [0.25, 0.3) is 10.2 Å². The van der Waals surface area contributed by atoms with Gasteiger partial charge in [0.25, 0.3) is 5.91 Å². The highest BCUT2D eigenvalue weighted by molar-refractivity contribution is 7.18. The molecule has 1 amide bonds. The molecule has 0 aliphatic carbocycles. The van der Waals surface area contributed by atoms with Gasteiger partial charge in [0.15, 0.2) is 6.10 Å². The standard InChI is InChI=1S/C22H21N3O3S/c1-15(22(27)24-17-12-10-16(14-23)11-13-17)28-21(26)9-5-4-8-20-25-18-6-2-3-7-19(18)29-20/h2-3,6-7,10-13,15H,4-5,8-9H2,1H3,(H,24,27)/t15-/m0/s1. The van der Waals surface area contributed by atoms with E-state index < -0.39 is 18.0 Å². The molecule has 0 fully saturated rings. The molecule has 1 heterocycles. The van der Waals surface area contributed by atoms with Crippen molar-refractivity contribution >= 4 is 39.1 Å². The zero-order valence-electron chi connectivity index (χ0n) is 16.1. The average molecular weight is 407 g/mol. The van der Waals surface area contributed by atoms with Crippen LogP contribution in [0.4, 0.5) is 5.69 Å². The number of unbranched alkanes of at least 4 members (excludes halogenated alkanes) is 1. The Morgan fingerprint density at radius 3 is 2.66 bits per heavy atom. The number of thiazole rings is 1. The summed E-state index contributed by atoms with van der Waals surface area (Å²) in [7, 11) is 0. The summed E-state index contributed by atoms with van der Waals surface area (Å²) in [5, 5.41) is 12.5. The Hall–Kier alpha value is -3.24. The molecule has 0 aliphatic rings. The van der Waals surface area contributed by atoms with Crippen LogP contribution in [-0.2, 0) is 20.7 Å². The van der Waals surface area contributed by atoms with Crippen LogP contribution in [0.2, 0.25) is 0 Å². The lowest BCUT2D eigenvalue weighted by Gasteiger charge is -2.13. The highest BCUT2D eigenvalue weighted by atomic mass is 32.1. The Labute approximate surface area is 173 Å². The number of rotatable bonds is 8. The van der Waals surface area contributed by atoms with Crippen LogP contribution in [0.5, 0.6) is 0 Å². The second kappa shape index (κ2) is 9.80. The second-order valence-corrected chi connectivity index (χ2v) is 7.71. The first-order valence-corrected chi connectivity index (χ1v) is 10.2. The molecule has 0 aliphatic heterocycles. The predicted octanol–water partition coefficient (Wildman–Crippen LogP) is 4.45. The third-order valence-electron chi connectivity index (χ3n) is 4.32. The number of para-hydroxylation sites is 1. The van der Waals surface area contributed by atoms with Crippen LogP contribution in [-0.4, -0.2) is 23.0 Å². The lowest BCUT2D eigenvalue weighted by atomic mass is 10.2. The average Bonchev–Trinajstić information content (AvgIpc) is 3.14. The van der Waals surface area contributed by atoms with Crippen molar-refractivity contribution in [3.05, 3.63) is 59.1 Å². The molecular weight excluding hydrogens is 386 g/mol. The summed E-state index contributed by atoms with van der Waals surface area (Å²) in [6.07, 6.45) is 1.71. The van der Waals surface area contributed by atoms with Crippen LogP contribution >= 0.6 is 11.3 Å². The first-order chi connectivity index (χ1) is 14.0. The van der Waals surface area contributed by atoms with Gasteiger partial charge in [0, 0.05) is 12.1 Å². The maximum Gasteiger partial charge on any atom is 0.306 e. The quantitative estimate of drug-likeness (QED) is 0.440. The van der Waals surface area contributed by atoms with Crippen molar-refractivity contribution in [1.82, 2.24) is 4.98 Å². The molecular formula is C22H21N3O3S. The van der Waals surface area contributed by atoms with Crippen LogP contribution in [0.15, 0.2) is 48.5 Å². The Balaban J connectivity index is 1.37. The van der Waals surface area contributed by atoms with E-state index in [0.717, 1.165) is 23.4 Å². The maximum atomic E-state index is 12.1. The van der Waals surface area contributed by atoms with Gasteiger partial charge in [0.05, 0.1) is 26.9 Å². The zero-order valence-corrected chi connectivity index (χ0v) is 16.9. The largest absolute Gasteiger partial charge is 0.453 e. The van der Waals surface area contributed by atoms with Crippen molar-refractivity contribution in [2.45, 2.75) is 38.7 Å². The minimum absolute atomic E-state index is 0.263. The fourth-order valence-corrected chi connectivity index (χ4v) is 3.76. The molecule has 0 saturated carbocycles. The Morgan fingerprint density at radius 1 is 1.17 bits per heavy atom. The topological polar surface area (TPSA) is 92.1 Å². The van der Waals surface area contributed by atoms with Crippen molar-refractivity contribution in [2.75, 3.05) is 5.32 Å². The number of esters is 1. The number of aryl methyl sites for hydroxylation is 1. The van der Waals surface area contributed by atoms with Gasteiger partial charge in [-0.2, -0.15) is 5.26 Å². The Morgan fingerprint density at radius 2 is 1.93 bits per heavy atom. The fraction of sp³-hybridized carbons (Fsp3) is 0.273. The van der Waals surface area contributed by atoms with E-state index in [1.165, 1.54) is 11.6 Å². The van der Waals surface area contributed by atoms with Gasteiger partial charge < -0.3 is 10.1 Å². The monoisotopic (exact) mass is 407 g/mol. The van der Waals surface area contributed by atoms with Crippen molar-refractivity contribution in [2.24, 2.45) is 0 Å². The number of carbonyl (C=O) groups excluding carboxylic acids is 2. The number of anilines is 1. The van der Waals surface area contributed by atoms with E-state index in [1.807, 2.05) is 24.3 Å². The van der Waals surface area contributed by atoms with Gasteiger partial charge in [-0.05, 0) is 62.6 Å². The molecule has 0 saturated heterocycles.